The molecule has 3 N–H and O–H groups in total. The van der Waals surface area contributed by atoms with Crippen LogP contribution in [0.1, 0.15) is 39.3 Å². The van der Waals surface area contributed by atoms with E-state index in [9.17, 15) is 14.4 Å². The maximum Gasteiger partial charge on any atom is 0.276 e. The van der Waals surface area contributed by atoms with Gasteiger partial charge in [-0.25, -0.2) is 4.39 Å². The topological polar surface area (TPSA) is 69.5 Å². The smallest absolute Gasteiger partial charge is 0.276 e. The van der Waals surface area contributed by atoms with Crippen molar-refractivity contribution in [3.63, 3.8) is 0 Å². The number of hydrogen-bond acceptors (Lipinski definition) is 2. The van der Waals surface area contributed by atoms with E-state index in [2.05, 4.69) is 11.4 Å². The van der Waals surface area contributed by atoms with Gasteiger partial charge >= 0.3 is 0 Å². The SMILES string of the molecule is CC(C)[C@](C)(C#N)NC(=O)C[NH2+][C@@H](C)c1cc(F)c(Cl)cc1Cl. The van der Waals surface area contributed by atoms with E-state index in [-0.39, 0.29) is 29.4 Å². The Hall–Kier alpha value is -1.35. The minimum absolute atomic E-state index is 0.0197. The Balaban J connectivity index is 2.70. The van der Waals surface area contributed by atoms with Crippen molar-refractivity contribution in [2.75, 3.05) is 6.54 Å². The molecule has 2 atom stereocenters. The highest BCUT2D eigenvalue weighted by molar-refractivity contribution is 6.35. The molecule has 0 aliphatic rings. The van der Waals surface area contributed by atoms with Crippen LogP contribution >= 0.6 is 23.2 Å². The summed E-state index contributed by atoms with van der Waals surface area (Å²) in [5.41, 5.74) is -0.355. The van der Waals surface area contributed by atoms with Crippen molar-refractivity contribution in [3.05, 3.63) is 33.6 Å². The number of carbonyl (C=O) groups excluding carboxylic acids is 1. The molecule has 1 rings (SSSR count). The maximum absolute atomic E-state index is 13.6. The first-order valence-electron chi connectivity index (χ1n) is 7.30. The Morgan fingerprint density at radius 2 is 2.00 bits per heavy atom. The number of hydrogen-bond donors (Lipinski definition) is 2. The summed E-state index contributed by atoms with van der Waals surface area (Å²) in [5.74, 6) is -0.832. The van der Waals surface area contributed by atoms with Crippen LogP contribution in [-0.2, 0) is 4.79 Å². The van der Waals surface area contributed by atoms with Crippen LogP contribution < -0.4 is 10.6 Å². The van der Waals surface area contributed by atoms with Crippen molar-refractivity contribution < 1.29 is 14.5 Å². The lowest BCUT2D eigenvalue weighted by molar-refractivity contribution is -0.682. The number of quaternary nitrogens is 1. The van der Waals surface area contributed by atoms with Crippen LogP contribution in [0.25, 0.3) is 0 Å². The van der Waals surface area contributed by atoms with Crippen molar-refractivity contribution in [2.45, 2.75) is 39.3 Å². The van der Waals surface area contributed by atoms with Crippen LogP contribution in [0.2, 0.25) is 10.0 Å². The summed E-state index contributed by atoms with van der Waals surface area (Å²) in [6.07, 6.45) is 0. The number of nitrogens with zero attached hydrogens (tertiary/aromatic N) is 1. The molecule has 0 radical (unpaired) electrons. The molecule has 0 bridgehead atoms. The van der Waals surface area contributed by atoms with Gasteiger partial charge < -0.3 is 10.6 Å². The Morgan fingerprint density at radius 1 is 1.39 bits per heavy atom. The van der Waals surface area contributed by atoms with Crippen LogP contribution in [0.5, 0.6) is 0 Å². The summed E-state index contributed by atoms with van der Waals surface area (Å²) >= 11 is 11.7. The van der Waals surface area contributed by atoms with E-state index in [4.69, 9.17) is 23.2 Å². The van der Waals surface area contributed by atoms with Gasteiger partial charge in [-0.15, -0.1) is 0 Å². The number of nitrogens with two attached hydrogens (primary N) is 1. The van der Waals surface area contributed by atoms with Crippen LogP contribution in [0.4, 0.5) is 4.39 Å². The second-order valence-electron chi connectivity index (χ2n) is 6.03. The highest BCUT2D eigenvalue weighted by atomic mass is 35.5. The Labute approximate surface area is 146 Å². The molecule has 0 unspecified atom stereocenters. The van der Waals surface area contributed by atoms with Gasteiger partial charge in [-0.05, 0) is 31.9 Å². The molecule has 0 spiro atoms. The van der Waals surface area contributed by atoms with Gasteiger partial charge in [0.05, 0.1) is 16.1 Å². The Kier molecular flexibility index (Phi) is 6.82. The molecule has 0 saturated heterocycles. The number of nitrogens with one attached hydrogen (secondary N) is 1. The van der Waals surface area contributed by atoms with Crippen LogP contribution in [0.3, 0.4) is 0 Å². The molecule has 7 heteroatoms. The van der Waals surface area contributed by atoms with E-state index in [0.29, 0.717) is 10.6 Å². The molecule has 1 amide bonds. The highest BCUT2D eigenvalue weighted by Crippen LogP contribution is 2.27. The largest absolute Gasteiger partial charge is 0.333 e. The molecule has 0 aliphatic heterocycles. The fourth-order valence-corrected chi connectivity index (χ4v) is 2.49. The number of rotatable bonds is 6. The number of benzene rings is 1. The molecule has 0 fully saturated rings. The normalized spacial score (nSPS) is 14.9. The van der Waals surface area contributed by atoms with E-state index in [1.165, 1.54) is 12.1 Å². The molecule has 1 aromatic carbocycles. The van der Waals surface area contributed by atoms with Crippen molar-refractivity contribution in [1.29, 1.82) is 5.26 Å². The summed E-state index contributed by atoms with van der Waals surface area (Å²) in [6, 6.07) is 4.52. The number of carbonyl (C=O) groups is 1. The Morgan fingerprint density at radius 3 is 2.52 bits per heavy atom. The van der Waals surface area contributed by atoms with Gasteiger partial charge in [0.1, 0.15) is 17.4 Å². The first kappa shape index (κ1) is 19.7. The zero-order valence-corrected chi connectivity index (χ0v) is 15.1. The second-order valence-corrected chi connectivity index (χ2v) is 6.85. The van der Waals surface area contributed by atoms with Crippen molar-refractivity contribution in [3.8, 4) is 6.07 Å². The van der Waals surface area contributed by atoms with Gasteiger partial charge in [0.15, 0.2) is 6.54 Å². The summed E-state index contributed by atoms with van der Waals surface area (Å²) in [5, 5.41) is 14.0. The lowest BCUT2D eigenvalue weighted by atomic mass is 9.90. The molecule has 0 saturated carbocycles. The van der Waals surface area contributed by atoms with E-state index in [1.807, 2.05) is 20.8 Å². The molecule has 1 aromatic rings. The molecular weight excluding hydrogens is 340 g/mol. The third-order valence-electron chi connectivity index (χ3n) is 3.97. The van der Waals surface area contributed by atoms with Crippen molar-refractivity contribution in [1.82, 2.24) is 5.32 Å². The zero-order chi connectivity index (χ0) is 17.8. The summed E-state index contributed by atoms with van der Waals surface area (Å²) < 4.78 is 13.6. The van der Waals surface area contributed by atoms with Crippen molar-refractivity contribution >= 4 is 29.1 Å². The van der Waals surface area contributed by atoms with Gasteiger partial charge in [0.2, 0.25) is 0 Å². The first-order valence-corrected chi connectivity index (χ1v) is 8.06. The highest BCUT2D eigenvalue weighted by Gasteiger charge is 2.30. The van der Waals surface area contributed by atoms with Crippen molar-refractivity contribution in [2.24, 2.45) is 5.92 Å². The lowest BCUT2D eigenvalue weighted by Crippen LogP contribution is -2.87. The van der Waals surface area contributed by atoms with Gasteiger partial charge in [-0.3, -0.25) is 4.79 Å². The molecule has 0 aromatic heterocycles. The minimum Gasteiger partial charge on any atom is -0.333 e. The van der Waals surface area contributed by atoms with Gasteiger partial charge in [-0.1, -0.05) is 37.0 Å². The third kappa shape index (κ3) is 5.07. The Bertz CT molecular complexity index is 630. The summed E-state index contributed by atoms with van der Waals surface area (Å²) in [7, 11) is 0. The average Bonchev–Trinajstić information content (AvgIpc) is 2.48. The van der Waals surface area contributed by atoms with Crippen LogP contribution in [0, 0.1) is 23.1 Å². The van der Waals surface area contributed by atoms with E-state index < -0.39 is 11.4 Å². The fraction of sp³-hybridized carbons (Fsp3) is 0.500. The lowest BCUT2D eigenvalue weighted by Gasteiger charge is -2.27. The monoisotopic (exact) mass is 360 g/mol. The minimum atomic E-state index is -0.918. The van der Waals surface area contributed by atoms with E-state index in [0.717, 1.165) is 0 Å². The van der Waals surface area contributed by atoms with Crippen LogP contribution in [-0.4, -0.2) is 18.0 Å². The standard InChI is InChI=1S/C16H20Cl2FN3O/c1-9(2)16(4,8-20)22-15(23)7-21-10(3)11-5-14(19)13(18)6-12(11)17/h5-6,9-10,21H,7H2,1-4H3,(H,22,23)/p+1/t10-,16-/m0/s1. The van der Waals surface area contributed by atoms with Gasteiger partial charge in [-0.2, -0.15) is 5.26 Å². The van der Waals surface area contributed by atoms with Crippen LogP contribution in [0.15, 0.2) is 12.1 Å². The quantitative estimate of drug-likeness (QED) is 0.765. The summed E-state index contributed by atoms with van der Waals surface area (Å²) in [4.78, 5) is 12.0. The molecule has 0 aliphatic carbocycles. The molecule has 23 heavy (non-hydrogen) atoms. The second kappa shape index (κ2) is 7.96. The number of halogens is 3. The molecule has 4 nitrogen and oxygen atoms in total. The van der Waals surface area contributed by atoms with Gasteiger partial charge in [0.25, 0.3) is 5.91 Å². The summed E-state index contributed by atoms with van der Waals surface area (Å²) in [6.45, 7) is 7.34. The van der Waals surface area contributed by atoms with E-state index in [1.54, 1.807) is 12.2 Å². The maximum atomic E-state index is 13.6. The fourth-order valence-electron chi connectivity index (χ4n) is 1.94. The predicted octanol–water partition coefficient (Wildman–Crippen LogP) is 2.81. The first-order chi connectivity index (χ1) is 10.6. The third-order valence-corrected chi connectivity index (χ3v) is 4.59. The average molecular weight is 361 g/mol. The number of nitriles is 1. The number of amides is 1. The molecule has 0 heterocycles. The zero-order valence-electron chi connectivity index (χ0n) is 13.6. The molecular formula is C16H21Cl2FN3O+. The van der Waals surface area contributed by atoms with E-state index >= 15 is 0 Å². The van der Waals surface area contributed by atoms with Gasteiger partial charge in [0, 0.05) is 5.56 Å². The predicted molar refractivity (Wildman–Crippen MR) is 88.6 cm³/mol. The molecule has 126 valence electrons.